The van der Waals surface area contributed by atoms with Gasteiger partial charge in [-0.2, -0.15) is 0 Å². The van der Waals surface area contributed by atoms with Gasteiger partial charge in [-0.1, -0.05) is 0 Å². The van der Waals surface area contributed by atoms with Crippen molar-refractivity contribution in [2.24, 2.45) is 0 Å². The quantitative estimate of drug-likeness (QED) is 0.549. The van der Waals surface area contributed by atoms with E-state index in [9.17, 15) is 9.59 Å². The lowest BCUT2D eigenvalue weighted by Gasteiger charge is -2.24. The van der Waals surface area contributed by atoms with Crippen molar-refractivity contribution >= 4 is 34.5 Å². The summed E-state index contributed by atoms with van der Waals surface area (Å²) in [6.45, 7) is 7.16. The van der Waals surface area contributed by atoms with Crippen LogP contribution in [0.5, 0.6) is 0 Å². The average Bonchev–Trinajstić information content (AvgIpc) is 3.29. The van der Waals surface area contributed by atoms with Gasteiger partial charge in [0.25, 0.3) is 5.91 Å². The number of carbonyl (C=O) groups is 2. The fraction of sp³-hybridized carbons (Fsp3) is 0.409. The van der Waals surface area contributed by atoms with Crippen LogP contribution in [0.2, 0.25) is 0 Å². The summed E-state index contributed by atoms with van der Waals surface area (Å²) in [5, 5.41) is 3.76. The number of nitrogens with zero attached hydrogens (tertiary/aromatic N) is 5. The third-order valence-corrected chi connectivity index (χ3v) is 7.05. The second-order valence-electron chi connectivity index (χ2n) is 7.75. The molecule has 0 saturated carbocycles. The lowest BCUT2D eigenvalue weighted by molar-refractivity contribution is -0.132. The highest BCUT2D eigenvalue weighted by atomic mass is 32.1. The van der Waals surface area contributed by atoms with Crippen molar-refractivity contribution in [1.29, 1.82) is 0 Å². The van der Waals surface area contributed by atoms with Gasteiger partial charge in [0.05, 0.1) is 40.7 Å². The van der Waals surface area contributed by atoms with Gasteiger partial charge in [-0.3, -0.25) is 14.6 Å². The zero-order valence-corrected chi connectivity index (χ0v) is 19.9. The number of amides is 2. The molecule has 8 nitrogen and oxygen atoms in total. The molecule has 0 aromatic carbocycles. The van der Waals surface area contributed by atoms with Crippen LogP contribution >= 0.6 is 22.7 Å². The molecule has 1 fully saturated rings. The smallest absolute Gasteiger partial charge is 0.266 e. The second kappa shape index (κ2) is 9.85. The van der Waals surface area contributed by atoms with E-state index >= 15 is 0 Å². The first kappa shape index (κ1) is 22.5. The van der Waals surface area contributed by atoms with Crippen molar-refractivity contribution in [1.82, 2.24) is 24.8 Å². The molecule has 0 spiro atoms. The van der Waals surface area contributed by atoms with Gasteiger partial charge < -0.3 is 14.5 Å². The summed E-state index contributed by atoms with van der Waals surface area (Å²) in [5.74, 6) is -0.289. The number of rotatable bonds is 6. The van der Waals surface area contributed by atoms with Crippen LogP contribution in [-0.2, 0) is 22.7 Å². The van der Waals surface area contributed by atoms with E-state index in [1.54, 1.807) is 33.5 Å². The minimum atomic E-state index is -0.326. The fourth-order valence-electron chi connectivity index (χ4n) is 3.63. The highest BCUT2D eigenvalue weighted by Crippen LogP contribution is 2.22. The highest BCUT2D eigenvalue weighted by molar-refractivity contribution is 7.13. The normalized spacial score (nSPS) is 17.0. The molecule has 4 heterocycles. The Morgan fingerprint density at radius 3 is 2.59 bits per heavy atom. The van der Waals surface area contributed by atoms with Gasteiger partial charge in [0.2, 0.25) is 5.91 Å². The summed E-state index contributed by atoms with van der Waals surface area (Å²) in [4.78, 5) is 43.2. The van der Waals surface area contributed by atoms with Crippen LogP contribution in [0.15, 0.2) is 29.9 Å². The number of hydrogen-bond acceptors (Lipinski definition) is 8. The summed E-state index contributed by atoms with van der Waals surface area (Å²) in [6, 6.07) is 3.79. The Kier molecular flexibility index (Phi) is 6.92. The average molecular weight is 472 g/mol. The molecular formula is C22H25N5O3S2. The van der Waals surface area contributed by atoms with Crippen molar-refractivity contribution in [2.45, 2.75) is 40.0 Å². The van der Waals surface area contributed by atoms with Crippen molar-refractivity contribution in [3.8, 4) is 0 Å². The summed E-state index contributed by atoms with van der Waals surface area (Å²) >= 11 is 2.92. The molecule has 4 rings (SSSR count). The fourth-order valence-corrected chi connectivity index (χ4v) is 5.13. The predicted molar refractivity (Wildman–Crippen MR) is 123 cm³/mol. The first-order chi connectivity index (χ1) is 15.4. The lowest BCUT2D eigenvalue weighted by Crippen LogP contribution is -2.39. The molecule has 10 heteroatoms. The van der Waals surface area contributed by atoms with Gasteiger partial charge in [-0.05, 0) is 38.5 Å². The van der Waals surface area contributed by atoms with Crippen LogP contribution in [0.4, 0.5) is 0 Å². The predicted octanol–water partition coefficient (Wildman–Crippen LogP) is 2.99. The molecule has 0 bridgehead atoms. The maximum atomic E-state index is 13.3. The Bertz CT molecular complexity index is 1100. The molecule has 1 atom stereocenters. The molecule has 168 valence electrons. The van der Waals surface area contributed by atoms with Crippen molar-refractivity contribution in [3.63, 3.8) is 0 Å². The molecular weight excluding hydrogens is 446 g/mol. The Morgan fingerprint density at radius 1 is 1.16 bits per heavy atom. The molecule has 0 unspecified atom stereocenters. The third kappa shape index (κ3) is 5.37. The number of pyridine rings is 1. The standard InChI is InChI=1S/C22H25N5O3S2/c1-14-21(32-16(3)24-14)22(29)27-10-19(30-12-17-4-6-23-7-5-17)9-26(20(28)11-27)8-18-13-31-15(2)25-18/h4-7,13,19H,8-12H2,1-3H3/t19-/m0/s1. The van der Waals surface area contributed by atoms with E-state index in [1.165, 1.54) is 11.3 Å². The Morgan fingerprint density at radius 2 is 1.94 bits per heavy atom. The molecule has 3 aromatic rings. The van der Waals surface area contributed by atoms with E-state index in [0.29, 0.717) is 36.8 Å². The van der Waals surface area contributed by atoms with Crippen LogP contribution in [-0.4, -0.2) is 62.3 Å². The largest absolute Gasteiger partial charge is 0.370 e. The van der Waals surface area contributed by atoms with Crippen molar-refractivity contribution < 1.29 is 14.3 Å². The zero-order valence-electron chi connectivity index (χ0n) is 18.3. The summed E-state index contributed by atoms with van der Waals surface area (Å²) in [6.07, 6.45) is 3.11. The van der Waals surface area contributed by atoms with E-state index in [0.717, 1.165) is 21.3 Å². The Balaban J connectivity index is 1.54. The number of aryl methyl sites for hydroxylation is 3. The van der Waals surface area contributed by atoms with Gasteiger partial charge in [-0.25, -0.2) is 9.97 Å². The molecule has 0 radical (unpaired) electrons. The number of ether oxygens (including phenoxy) is 1. The van der Waals surface area contributed by atoms with Crippen LogP contribution in [0.25, 0.3) is 0 Å². The third-order valence-electron chi connectivity index (χ3n) is 5.17. The zero-order chi connectivity index (χ0) is 22.7. The van der Waals surface area contributed by atoms with E-state index < -0.39 is 0 Å². The molecule has 1 aliphatic heterocycles. The van der Waals surface area contributed by atoms with Gasteiger partial charge in [0.15, 0.2) is 0 Å². The maximum Gasteiger partial charge on any atom is 0.266 e. The molecule has 0 N–H and O–H groups in total. The van der Waals surface area contributed by atoms with E-state index in [4.69, 9.17) is 4.74 Å². The van der Waals surface area contributed by atoms with Crippen LogP contribution in [0, 0.1) is 20.8 Å². The molecule has 2 amide bonds. The number of aromatic nitrogens is 3. The first-order valence-corrected chi connectivity index (χ1v) is 12.0. The Labute approximate surface area is 194 Å². The number of thiazole rings is 2. The van der Waals surface area contributed by atoms with Crippen molar-refractivity contribution in [2.75, 3.05) is 19.6 Å². The molecule has 0 aliphatic carbocycles. The van der Waals surface area contributed by atoms with Crippen LogP contribution < -0.4 is 0 Å². The van der Waals surface area contributed by atoms with Gasteiger partial charge in [-0.15, -0.1) is 22.7 Å². The second-order valence-corrected chi connectivity index (χ2v) is 10.0. The highest BCUT2D eigenvalue weighted by Gasteiger charge is 2.33. The first-order valence-electron chi connectivity index (χ1n) is 10.3. The van der Waals surface area contributed by atoms with Crippen molar-refractivity contribution in [3.05, 3.63) is 61.8 Å². The molecule has 3 aromatic heterocycles. The van der Waals surface area contributed by atoms with Gasteiger partial charge >= 0.3 is 0 Å². The summed E-state index contributed by atoms with van der Waals surface area (Å²) in [5.41, 5.74) is 2.53. The molecule has 32 heavy (non-hydrogen) atoms. The monoisotopic (exact) mass is 471 g/mol. The summed E-state index contributed by atoms with van der Waals surface area (Å²) in [7, 11) is 0. The minimum absolute atomic E-state index is 0.00740. The summed E-state index contributed by atoms with van der Waals surface area (Å²) < 4.78 is 6.18. The van der Waals surface area contributed by atoms with E-state index in [-0.39, 0.29) is 24.5 Å². The van der Waals surface area contributed by atoms with Gasteiger partial charge in [0.1, 0.15) is 11.4 Å². The lowest BCUT2D eigenvalue weighted by atomic mass is 10.2. The van der Waals surface area contributed by atoms with E-state index in [2.05, 4.69) is 15.0 Å². The molecule has 1 saturated heterocycles. The topological polar surface area (TPSA) is 88.5 Å². The van der Waals surface area contributed by atoms with Gasteiger partial charge in [0, 0.05) is 30.9 Å². The maximum absolute atomic E-state index is 13.3. The Hall–Kier alpha value is -2.69. The number of hydrogen-bond donors (Lipinski definition) is 0. The van der Waals surface area contributed by atoms with Crippen LogP contribution in [0.3, 0.4) is 0 Å². The number of carbonyl (C=O) groups excluding carboxylic acids is 2. The van der Waals surface area contributed by atoms with E-state index in [1.807, 2.05) is 38.3 Å². The van der Waals surface area contributed by atoms with Crippen LogP contribution in [0.1, 0.15) is 36.6 Å². The SMILES string of the molecule is Cc1nc(CN2C[C@H](OCc3ccncc3)CN(C(=O)c3sc(C)nc3C)CC2=O)cs1. The molecule has 1 aliphatic rings. The minimum Gasteiger partial charge on any atom is -0.370 e.